The minimum Gasteiger partial charge on any atom is -0.376 e. The van der Waals surface area contributed by atoms with Crippen LogP contribution in [-0.2, 0) is 19.4 Å². The lowest BCUT2D eigenvalue weighted by atomic mass is 10.2. The molecule has 1 aromatic heterocycles. The average molecular weight is 515 g/mol. The Bertz CT molecular complexity index is 1260. The molecule has 3 aromatic rings. The summed E-state index contributed by atoms with van der Waals surface area (Å²) in [7, 11) is -3.57. The summed E-state index contributed by atoms with van der Waals surface area (Å²) in [6, 6.07) is 7.78. The monoisotopic (exact) mass is 514 g/mol. The van der Waals surface area contributed by atoms with Crippen molar-refractivity contribution < 1.29 is 26.7 Å². The first-order valence-electron chi connectivity index (χ1n) is 10.4. The molecule has 0 bridgehead atoms. The van der Waals surface area contributed by atoms with Crippen molar-refractivity contribution >= 4 is 54.0 Å². The second-order valence-electron chi connectivity index (χ2n) is 7.75. The number of aromatic nitrogens is 1. The Kier molecular flexibility index (Phi) is 7.28. The summed E-state index contributed by atoms with van der Waals surface area (Å²) in [4.78, 5) is 18.8. The van der Waals surface area contributed by atoms with Crippen LogP contribution in [0.15, 0.2) is 41.3 Å². The number of halogens is 3. The van der Waals surface area contributed by atoms with Gasteiger partial charge in [-0.25, -0.2) is 22.2 Å². The number of nitrogens with zero attached hydrogens (tertiary/aromatic N) is 2. The van der Waals surface area contributed by atoms with Crippen LogP contribution in [-0.4, -0.2) is 44.3 Å². The molecular formula is C22H21ClF2N2O4S2. The molecule has 4 rings (SSSR count). The standard InChI is InChI=1S/C22H21ClF2N2O4S2/c23-14-5-7-17(8-6-14)33(29,30)10-2-4-20(28)27(13-16-3-1-9-31-16)22-26-21-18(25)11-15(24)12-19(21)32-22/h5-8,11-12,16H,1-4,9-10,13H2. The third-order valence-electron chi connectivity index (χ3n) is 5.32. The zero-order valence-corrected chi connectivity index (χ0v) is 19.9. The Labute approximate surface area is 199 Å². The zero-order valence-electron chi connectivity index (χ0n) is 17.5. The van der Waals surface area contributed by atoms with Crippen molar-refractivity contribution in [3.05, 3.63) is 53.1 Å². The number of carbonyl (C=O) groups excluding carboxylic acids is 1. The smallest absolute Gasteiger partial charge is 0.228 e. The molecule has 33 heavy (non-hydrogen) atoms. The second-order valence-corrected chi connectivity index (χ2v) is 11.3. The van der Waals surface area contributed by atoms with E-state index in [4.69, 9.17) is 16.3 Å². The fourth-order valence-corrected chi connectivity index (χ4v) is 6.12. The van der Waals surface area contributed by atoms with Crippen LogP contribution in [0.3, 0.4) is 0 Å². The molecule has 1 aliphatic rings. The van der Waals surface area contributed by atoms with Crippen molar-refractivity contribution in [3.63, 3.8) is 0 Å². The van der Waals surface area contributed by atoms with E-state index in [2.05, 4.69) is 4.98 Å². The number of fused-ring (bicyclic) bond motifs is 1. The third kappa shape index (κ3) is 5.68. The fraction of sp³-hybridized carbons (Fsp3) is 0.364. The molecule has 0 aliphatic carbocycles. The molecule has 0 N–H and O–H groups in total. The van der Waals surface area contributed by atoms with Crippen LogP contribution in [0.1, 0.15) is 25.7 Å². The van der Waals surface area contributed by atoms with Gasteiger partial charge in [0.1, 0.15) is 11.3 Å². The minimum absolute atomic E-state index is 0.00754. The Morgan fingerprint density at radius 2 is 2.00 bits per heavy atom. The van der Waals surface area contributed by atoms with Gasteiger partial charge in [0.05, 0.1) is 28.0 Å². The van der Waals surface area contributed by atoms with E-state index >= 15 is 0 Å². The topological polar surface area (TPSA) is 76.6 Å². The maximum absolute atomic E-state index is 14.2. The van der Waals surface area contributed by atoms with Crippen molar-refractivity contribution in [2.45, 2.75) is 36.7 Å². The van der Waals surface area contributed by atoms with Gasteiger partial charge >= 0.3 is 0 Å². The van der Waals surface area contributed by atoms with Crippen LogP contribution in [0.5, 0.6) is 0 Å². The van der Waals surface area contributed by atoms with Crippen LogP contribution < -0.4 is 4.90 Å². The molecule has 0 radical (unpaired) electrons. The van der Waals surface area contributed by atoms with E-state index in [1.54, 1.807) is 0 Å². The summed E-state index contributed by atoms with van der Waals surface area (Å²) in [6.45, 7) is 0.804. The summed E-state index contributed by atoms with van der Waals surface area (Å²) >= 11 is 6.82. The number of ether oxygens (including phenoxy) is 1. The largest absolute Gasteiger partial charge is 0.376 e. The van der Waals surface area contributed by atoms with Crippen molar-refractivity contribution in [2.75, 3.05) is 23.8 Å². The van der Waals surface area contributed by atoms with Crippen molar-refractivity contribution in [2.24, 2.45) is 0 Å². The van der Waals surface area contributed by atoms with Crippen molar-refractivity contribution in [1.82, 2.24) is 4.98 Å². The van der Waals surface area contributed by atoms with Crippen molar-refractivity contribution in [3.8, 4) is 0 Å². The number of benzene rings is 2. The Morgan fingerprint density at radius 3 is 2.70 bits per heavy atom. The van der Waals surface area contributed by atoms with Gasteiger partial charge in [0.25, 0.3) is 0 Å². The van der Waals surface area contributed by atoms with Gasteiger partial charge in [-0.3, -0.25) is 9.69 Å². The average Bonchev–Trinajstić information content (AvgIpc) is 3.42. The predicted molar refractivity (Wildman–Crippen MR) is 124 cm³/mol. The Balaban J connectivity index is 1.50. The molecular weight excluding hydrogens is 494 g/mol. The first-order chi connectivity index (χ1) is 15.7. The molecule has 6 nitrogen and oxygen atoms in total. The molecule has 0 saturated carbocycles. The summed E-state index contributed by atoms with van der Waals surface area (Å²) in [5, 5.41) is 0.664. The second kappa shape index (κ2) is 10.0. The first kappa shape index (κ1) is 24.0. The van der Waals surface area contributed by atoms with E-state index in [-0.39, 0.29) is 57.4 Å². The third-order valence-corrected chi connectivity index (χ3v) is 8.41. The maximum Gasteiger partial charge on any atom is 0.228 e. The number of hydrogen-bond acceptors (Lipinski definition) is 6. The van der Waals surface area contributed by atoms with Gasteiger partial charge in [0.2, 0.25) is 5.91 Å². The van der Waals surface area contributed by atoms with E-state index in [0.29, 0.717) is 11.6 Å². The highest BCUT2D eigenvalue weighted by Crippen LogP contribution is 2.32. The fourth-order valence-electron chi connectivity index (χ4n) is 3.65. The number of anilines is 1. The summed E-state index contributed by atoms with van der Waals surface area (Å²) in [6.07, 6.45) is 1.49. The van der Waals surface area contributed by atoms with E-state index < -0.39 is 21.5 Å². The molecule has 1 fully saturated rings. The first-order valence-corrected chi connectivity index (χ1v) is 13.2. The number of sulfone groups is 1. The van der Waals surface area contributed by atoms with Crippen LogP contribution >= 0.6 is 22.9 Å². The van der Waals surface area contributed by atoms with Gasteiger partial charge in [-0.15, -0.1) is 0 Å². The van der Waals surface area contributed by atoms with Crippen LogP contribution in [0.2, 0.25) is 5.02 Å². The molecule has 1 amide bonds. The molecule has 1 aliphatic heterocycles. The van der Waals surface area contributed by atoms with Crippen molar-refractivity contribution in [1.29, 1.82) is 0 Å². The van der Waals surface area contributed by atoms with Gasteiger partial charge < -0.3 is 4.74 Å². The van der Waals surface area contributed by atoms with Gasteiger partial charge in [-0.1, -0.05) is 22.9 Å². The molecule has 1 unspecified atom stereocenters. The number of rotatable bonds is 8. The van der Waals surface area contributed by atoms with E-state index in [0.717, 1.165) is 30.2 Å². The SMILES string of the molecule is O=C(CCCS(=O)(=O)c1ccc(Cl)cc1)N(CC1CCCO1)c1nc2c(F)cc(F)cc2s1. The van der Waals surface area contributed by atoms with Gasteiger partial charge in [0, 0.05) is 24.1 Å². The number of amides is 1. The Morgan fingerprint density at radius 1 is 1.24 bits per heavy atom. The lowest BCUT2D eigenvalue weighted by molar-refractivity contribution is -0.119. The van der Waals surface area contributed by atoms with Gasteiger partial charge in [0.15, 0.2) is 20.8 Å². The normalized spacial score (nSPS) is 16.4. The molecule has 1 atom stereocenters. The number of thiazole rings is 1. The quantitative estimate of drug-likeness (QED) is 0.423. The van der Waals surface area contributed by atoms with Crippen LogP contribution in [0.25, 0.3) is 10.2 Å². The highest BCUT2D eigenvalue weighted by atomic mass is 35.5. The molecule has 2 aromatic carbocycles. The predicted octanol–water partition coefficient (Wildman–Crippen LogP) is 4.99. The molecule has 1 saturated heterocycles. The van der Waals surface area contributed by atoms with E-state index in [9.17, 15) is 22.0 Å². The van der Waals surface area contributed by atoms with E-state index in [1.807, 2.05) is 0 Å². The maximum atomic E-state index is 14.2. The van der Waals surface area contributed by atoms with Gasteiger partial charge in [-0.05, 0) is 49.6 Å². The summed E-state index contributed by atoms with van der Waals surface area (Å²) in [5.41, 5.74) is -0.00754. The lowest BCUT2D eigenvalue weighted by Crippen LogP contribution is -2.37. The summed E-state index contributed by atoms with van der Waals surface area (Å²) < 4.78 is 58.8. The number of hydrogen-bond donors (Lipinski definition) is 0. The lowest BCUT2D eigenvalue weighted by Gasteiger charge is -2.23. The molecule has 2 heterocycles. The van der Waals surface area contributed by atoms with Crippen LogP contribution in [0, 0.1) is 11.6 Å². The molecule has 176 valence electrons. The summed E-state index contributed by atoms with van der Waals surface area (Å²) in [5.74, 6) is -2.09. The highest BCUT2D eigenvalue weighted by Gasteiger charge is 2.27. The van der Waals surface area contributed by atoms with Gasteiger partial charge in [-0.2, -0.15) is 0 Å². The highest BCUT2D eigenvalue weighted by molar-refractivity contribution is 7.91. The van der Waals surface area contributed by atoms with Crippen LogP contribution in [0.4, 0.5) is 13.9 Å². The Hall–Kier alpha value is -2.14. The number of carbonyl (C=O) groups is 1. The minimum atomic E-state index is -3.57. The van der Waals surface area contributed by atoms with E-state index in [1.165, 1.54) is 35.2 Å². The molecule has 11 heteroatoms. The zero-order chi connectivity index (χ0) is 23.6. The molecule has 0 spiro atoms.